The van der Waals surface area contributed by atoms with Crippen LogP contribution in [0.3, 0.4) is 0 Å². The number of para-hydroxylation sites is 1. The molecule has 6 nitrogen and oxygen atoms in total. The molecule has 0 radical (unpaired) electrons. The van der Waals surface area contributed by atoms with Crippen molar-refractivity contribution in [3.05, 3.63) is 81.0 Å². The Morgan fingerprint density at radius 3 is 2.66 bits per heavy atom. The number of hydrogen-bond donors (Lipinski definition) is 1. The summed E-state index contributed by atoms with van der Waals surface area (Å²) in [6.07, 6.45) is 1.53. The normalized spacial score (nSPS) is 15.1. The molecule has 1 N–H and O–H groups in total. The van der Waals surface area contributed by atoms with E-state index in [-0.39, 0.29) is 11.9 Å². The van der Waals surface area contributed by atoms with Crippen molar-refractivity contribution in [2.45, 2.75) is 25.4 Å². The molecule has 0 bridgehead atoms. The van der Waals surface area contributed by atoms with Gasteiger partial charge in [-0.1, -0.05) is 41.0 Å². The molecule has 0 saturated heterocycles. The largest absolute Gasteiger partial charge is 0.465 e. The second-order valence-corrected chi connectivity index (χ2v) is 8.99. The van der Waals surface area contributed by atoms with Gasteiger partial charge in [-0.2, -0.15) is 0 Å². The van der Waals surface area contributed by atoms with Gasteiger partial charge >= 0.3 is 5.97 Å². The van der Waals surface area contributed by atoms with Gasteiger partial charge in [-0.15, -0.1) is 11.3 Å². The van der Waals surface area contributed by atoms with Gasteiger partial charge in [0.15, 0.2) is 5.78 Å². The average molecular weight is 469 g/mol. The van der Waals surface area contributed by atoms with E-state index in [1.807, 2.05) is 36.4 Å². The van der Waals surface area contributed by atoms with Crippen molar-refractivity contribution in [2.75, 3.05) is 12.4 Å². The highest BCUT2D eigenvalue weighted by Crippen LogP contribution is 2.26. The van der Waals surface area contributed by atoms with Crippen LogP contribution in [0.25, 0.3) is 0 Å². The van der Waals surface area contributed by atoms with E-state index in [4.69, 9.17) is 21.2 Å². The molecule has 2 aromatic carbocycles. The van der Waals surface area contributed by atoms with Gasteiger partial charge in [0.2, 0.25) is 0 Å². The first kappa shape index (κ1) is 22.0. The first-order chi connectivity index (χ1) is 15.5. The van der Waals surface area contributed by atoms with Gasteiger partial charge in [0, 0.05) is 18.5 Å². The van der Waals surface area contributed by atoms with E-state index < -0.39 is 5.97 Å². The predicted octanol–water partition coefficient (Wildman–Crippen LogP) is 6.09. The highest BCUT2D eigenvalue weighted by atomic mass is 35.5. The third-order valence-corrected chi connectivity index (χ3v) is 6.38. The van der Waals surface area contributed by atoms with E-state index in [2.05, 4.69) is 10.5 Å². The molecule has 1 unspecified atom stereocenters. The van der Waals surface area contributed by atoms with Crippen LogP contribution < -0.4 is 5.32 Å². The highest BCUT2D eigenvalue weighted by molar-refractivity contribution is 7.18. The van der Waals surface area contributed by atoms with Gasteiger partial charge < -0.3 is 14.9 Å². The standard InChI is InChI=1S/C24H21ClN2O4S/c1-30-24(29)18-4-2-3-5-19(18)26-16-8-6-15(7-9-16)20-14-17(31-27-20)10-11-21(28)22-12-13-23(25)32-22/h2-9,12-13,17,26H,10-11,14H2,1H3. The Kier molecular flexibility index (Phi) is 6.87. The van der Waals surface area contributed by atoms with Crippen LogP contribution in [0.15, 0.2) is 65.8 Å². The third kappa shape index (κ3) is 5.18. The Morgan fingerprint density at radius 1 is 1.16 bits per heavy atom. The molecule has 2 heterocycles. The lowest BCUT2D eigenvalue weighted by atomic mass is 10.0. The van der Waals surface area contributed by atoms with E-state index in [1.165, 1.54) is 18.4 Å². The minimum atomic E-state index is -0.395. The summed E-state index contributed by atoms with van der Waals surface area (Å²) in [5.41, 5.74) is 3.78. The maximum atomic E-state index is 12.3. The summed E-state index contributed by atoms with van der Waals surface area (Å²) in [7, 11) is 1.36. The number of thiophene rings is 1. The number of anilines is 2. The molecule has 3 aromatic rings. The molecular formula is C24H21ClN2O4S. The molecular weight excluding hydrogens is 448 g/mol. The molecule has 164 valence electrons. The number of carbonyl (C=O) groups is 2. The lowest BCUT2D eigenvalue weighted by Crippen LogP contribution is -2.11. The molecule has 1 aromatic heterocycles. The second-order valence-electron chi connectivity index (χ2n) is 7.27. The van der Waals surface area contributed by atoms with E-state index in [1.54, 1.807) is 24.3 Å². The summed E-state index contributed by atoms with van der Waals surface area (Å²) in [6.45, 7) is 0. The van der Waals surface area contributed by atoms with Gasteiger partial charge in [0.25, 0.3) is 0 Å². The van der Waals surface area contributed by atoms with Crippen molar-refractivity contribution in [3.8, 4) is 0 Å². The third-order valence-electron chi connectivity index (χ3n) is 5.10. The quantitative estimate of drug-likeness (QED) is 0.320. The summed E-state index contributed by atoms with van der Waals surface area (Å²) in [6, 6.07) is 18.4. The Labute approximate surface area is 194 Å². The fourth-order valence-corrected chi connectivity index (χ4v) is 4.43. The Bertz CT molecular complexity index is 1160. The van der Waals surface area contributed by atoms with Crippen LogP contribution in [0.1, 0.15) is 44.9 Å². The van der Waals surface area contributed by atoms with Crippen molar-refractivity contribution < 1.29 is 19.2 Å². The number of rotatable bonds is 8. The number of Topliss-reactive ketones (excluding diaryl/α,β-unsaturated/α-hetero) is 1. The highest BCUT2D eigenvalue weighted by Gasteiger charge is 2.23. The number of halogens is 1. The zero-order valence-corrected chi connectivity index (χ0v) is 18.9. The van der Waals surface area contributed by atoms with Crippen LogP contribution in [0, 0.1) is 0 Å². The molecule has 8 heteroatoms. The molecule has 1 atom stereocenters. The van der Waals surface area contributed by atoms with E-state index in [9.17, 15) is 9.59 Å². The monoisotopic (exact) mass is 468 g/mol. The number of esters is 1. The van der Waals surface area contributed by atoms with Crippen molar-refractivity contribution in [3.63, 3.8) is 0 Å². The molecule has 0 fully saturated rings. The molecule has 0 aliphatic carbocycles. The van der Waals surface area contributed by atoms with Crippen LogP contribution >= 0.6 is 22.9 Å². The number of hydrogen-bond acceptors (Lipinski definition) is 7. The fraction of sp³-hybridized carbons (Fsp3) is 0.208. The predicted molar refractivity (Wildman–Crippen MR) is 126 cm³/mol. The lowest BCUT2D eigenvalue weighted by Gasteiger charge is -2.11. The topological polar surface area (TPSA) is 77.0 Å². The lowest BCUT2D eigenvalue weighted by molar-refractivity contribution is 0.0601. The average Bonchev–Trinajstić information content (AvgIpc) is 3.47. The maximum Gasteiger partial charge on any atom is 0.339 e. The van der Waals surface area contributed by atoms with Crippen LogP contribution in [-0.4, -0.2) is 30.7 Å². The van der Waals surface area contributed by atoms with Crippen LogP contribution in [0.2, 0.25) is 4.34 Å². The zero-order valence-electron chi connectivity index (χ0n) is 17.3. The summed E-state index contributed by atoms with van der Waals surface area (Å²) in [5.74, 6) is -0.324. The second kappa shape index (κ2) is 9.97. The van der Waals surface area contributed by atoms with Crippen LogP contribution in [0.4, 0.5) is 11.4 Å². The van der Waals surface area contributed by atoms with Gasteiger partial charge in [-0.25, -0.2) is 4.79 Å². The summed E-state index contributed by atoms with van der Waals surface area (Å²) >= 11 is 7.20. The maximum absolute atomic E-state index is 12.3. The SMILES string of the molecule is COC(=O)c1ccccc1Nc1ccc(C2=NOC(CCC(=O)c3ccc(Cl)s3)C2)cc1. The summed E-state index contributed by atoms with van der Waals surface area (Å²) in [4.78, 5) is 30.4. The van der Waals surface area contributed by atoms with Gasteiger partial charge in [0.05, 0.1) is 33.3 Å². The van der Waals surface area contributed by atoms with Gasteiger partial charge in [0.1, 0.15) is 6.10 Å². The summed E-state index contributed by atoms with van der Waals surface area (Å²) in [5, 5.41) is 7.46. The number of oxime groups is 1. The molecule has 1 aliphatic heterocycles. The van der Waals surface area contributed by atoms with Gasteiger partial charge in [-0.05, 0) is 48.4 Å². The molecule has 1 aliphatic rings. The molecule has 4 rings (SSSR count). The van der Waals surface area contributed by atoms with Gasteiger partial charge in [-0.3, -0.25) is 4.79 Å². The number of carbonyl (C=O) groups excluding carboxylic acids is 2. The number of ether oxygens (including phenoxy) is 1. The fourth-order valence-electron chi connectivity index (χ4n) is 3.41. The minimum absolute atomic E-state index is 0.0709. The number of ketones is 1. The molecule has 0 spiro atoms. The van der Waals surface area contributed by atoms with E-state index in [0.29, 0.717) is 39.7 Å². The molecule has 0 amide bonds. The first-order valence-corrected chi connectivity index (χ1v) is 11.3. The van der Waals surface area contributed by atoms with Crippen molar-refractivity contribution in [1.29, 1.82) is 0 Å². The number of nitrogens with zero attached hydrogens (tertiary/aromatic N) is 1. The van der Waals surface area contributed by atoms with Crippen molar-refractivity contribution in [1.82, 2.24) is 0 Å². The number of nitrogens with one attached hydrogen (secondary N) is 1. The Hall–Kier alpha value is -3.16. The number of benzene rings is 2. The van der Waals surface area contributed by atoms with Crippen molar-refractivity contribution >= 4 is 51.8 Å². The van der Waals surface area contributed by atoms with Crippen molar-refractivity contribution in [2.24, 2.45) is 5.16 Å². The summed E-state index contributed by atoms with van der Waals surface area (Å²) < 4.78 is 5.45. The first-order valence-electron chi connectivity index (χ1n) is 10.1. The van der Waals surface area contributed by atoms with E-state index >= 15 is 0 Å². The van der Waals surface area contributed by atoms with Crippen LogP contribution in [-0.2, 0) is 9.57 Å². The van der Waals surface area contributed by atoms with Crippen LogP contribution in [0.5, 0.6) is 0 Å². The Balaban J connectivity index is 1.33. The Morgan fingerprint density at radius 2 is 1.94 bits per heavy atom. The minimum Gasteiger partial charge on any atom is -0.465 e. The molecule has 0 saturated carbocycles. The smallest absolute Gasteiger partial charge is 0.339 e. The zero-order chi connectivity index (χ0) is 22.5. The van der Waals surface area contributed by atoms with E-state index in [0.717, 1.165) is 17.0 Å². The number of methoxy groups -OCH3 is 1. The molecule has 32 heavy (non-hydrogen) atoms.